The van der Waals surface area contributed by atoms with E-state index in [1.165, 1.54) is 37.4 Å². The first-order valence-corrected chi connectivity index (χ1v) is 11.6. The van der Waals surface area contributed by atoms with Crippen LogP contribution in [0.1, 0.15) is 18.4 Å². The average Bonchev–Trinajstić information content (AvgIpc) is 3.41. The fourth-order valence-electron chi connectivity index (χ4n) is 3.90. The van der Waals surface area contributed by atoms with E-state index in [4.69, 9.17) is 4.74 Å². The van der Waals surface area contributed by atoms with Gasteiger partial charge in [-0.2, -0.15) is 13.2 Å². The van der Waals surface area contributed by atoms with Gasteiger partial charge in [0.25, 0.3) is 10.0 Å². The minimum atomic E-state index is -5.30. The Morgan fingerprint density at radius 3 is 2.33 bits per heavy atom. The van der Waals surface area contributed by atoms with Crippen LogP contribution in [-0.2, 0) is 21.4 Å². The van der Waals surface area contributed by atoms with Gasteiger partial charge in [0, 0.05) is 24.1 Å². The third-order valence-corrected chi connectivity index (χ3v) is 7.17. The summed E-state index contributed by atoms with van der Waals surface area (Å²) in [5.74, 6) is -2.93. The number of ether oxygens (including phenoxy) is 2. The molecule has 1 fully saturated rings. The minimum Gasteiger partial charge on any atom is -0.497 e. The number of hydrogen-bond donors (Lipinski definition) is 0. The molecule has 1 aliphatic rings. The molecule has 4 rings (SSSR count). The zero-order chi connectivity index (χ0) is 23.8. The van der Waals surface area contributed by atoms with Gasteiger partial charge in [-0.15, -0.1) is 0 Å². The van der Waals surface area contributed by atoms with Gasteiger partial charge >= 0.3 is 12.1 Å². The van der Waals surface area contributed by atoms with E-state index < -0.39 is 28.0 Å². The SMILES string of the molecule is COc1cc(CN2CCCC2)c2cc(OC(=O)C(F)(F)F)n(S(=O)(=O)c3ccccc3)c2c1. The molecule has 1 aromatic heterocycles. The lowest BCUT2D eigenvalue weighted by Gasteiger charge is -2.17. The number of hydrogen-bond acceptors (Lipinski definition) is 6. The number of benzene rings is 2. The van der Waals surface area contributed by atoms with Crippen molar-refractivity contribution in [1.29, 1.82) is 0 Å². The highest BCUT2D eigenvalue weighted by molar-refractivity contribution is 7.90. The van der Waals surface area contributed by atoms with E-state index in [-0.39, 0.29) is 10.4 Å². The molecule has 11 heteroatoms. The maximum Gasteiger partial charge on any atom is 0.491 e. The van der Waals surface area contributed by atoms with Crippen molar-refractivity contribution < 1.29 is 35.9 Å². The Balaban J connectivity index is 1.96. The molecule has 2 aromatic carbocycles. The molecule has 0 amide bonds. The van der Waals surface area contributed by atoms with E-state index >= 15 is 0 Å². The summed E-state index contributed by atoms with van der Waals surface area (Å²) < 4.78 is 76.3. The van der Waals surface area contributed by atoms with Gasteiger partial charge in [-0.1, -0.05) is 18.2 Å². The Morgan fingerprint density at radius 1 is 1.06 bits per heavy atom. The highest BCUT2D eigenvalue weighted by Crippen LogP contribution is 2.37. The largest absolute Gasteiger partial charge is 0.497 e. The van der Waals surface area contributed by atoms with E-state index in [0.717, 1.165) is 32.0 Å². The second kappa shape index (κ2) is 8.71. The van der Waals surface area contributed by atoms with Gasteiger partial charge in [0.1, 0.15) is 5.75 Å². The molecule has 0 aliphatic carbocycles. The van der Waals surface area contributed by atoms with Gasteiger partial charge in [0.15, 0.2) is 0 Å². The molecular formula is C22H21F3N2O5S. The van der Waals surface area contributed by atoms with Crippen molar-refractivity contribution in [3.63, 3.8) is 0 Å². The van der Waals surface area contributed by atoms with Crippen LogP contribution in [0.25, 0.3) is 10.9 Å². The van der Waals surface area contributed by atoms with Crippen molar-refractivity contribution in [3.8, 4) is 11.6 Å². The van der Waals surface area contributed by atoms with Crippen molar-refractivity contribution >= 4 is 26.9 Å². The number of fused-ring (bicyclic) bond motifs is 1. The van der Waals surface area contributed by atoms with Crippen LogP contribution in [0.15, 0.2) is 53.4 Å². The van der Waals surface area contributed by atoms with Crippen LogP contribution in [0, 0.1) is 0 Å². The maximum absolute atomic E-state index is 13.5. The topological polar surface area (TPSA) is 77.8 Å². The number of likely N-dealkylation sites (tertiary alicyclic amines) is 1. The van der Waals surface area contributed by atoms with Crippen molar-refractivity contribution in [1.82, 2.24) is 8.87 Å². The van der Waals surface area contributed by atoms with Crippen LogP contribution >= 0.6 is 0 Å². The molecule has 2 heterocycles. The van der Waals surface area contributed by atoms with Gasteiger partial charge < -0.3 is 9.47 Å². The van der Waals surface area contributed by atoms with Crippen LogP contribution < -0.4 is 9.47 Å². The normalized spacial score (nSPS) is 15.2. The highest BCUT2D eigenvalue weighted by atomic mass is 32.2. The monoisotopic (exact) mass is 482 g/mol. The lowest BCUT2D eigenvalue weighted by Crippen LogP contribution is -2.29. The van der Waals surface area contributed by atoms with E-state index in [9.17, 15) is 26.4 Å². The van der Waals surface area contributed by atoms with Crippen LogP contribution in [0.5, 0.6) is 11.6 Å². The molecule has 0 spiro atoms. The van der Waals surface area contributed by atoms with Crippen molar-refractivity contribution in [2.75, 3.05) is 20.2 Å². The van der Waals surface area contributed by atoms with Crippen LogP contribution in [0.2, 0.25) is 0 Å². The standard InChI is InChI=1S/C22H21F3N2O5S/c1-31-16-11-15(14-26-9-5-6-10-26)18-13-20(32-21(28)22(23,24)25)27(19(18)12-16)33(29,30)17-7-3-2-4-8-17/h2-4,7-8,11-13H,5-6,9-10,14H2,1H3. The molecule has 3 aromatic rings. The molecular weight excluding hydrogens is 461 g/mol. The number of rotatable bonds is 6. The molecule has 0 radical (unpaired) electrons. The summed E-state index contributed by atoms with van der Waals surface area (Å²) in [7, 11) is -3.00. The lowest BCUT2D eigenvalue weighted by atomic mass is 10.1. The number of alkyl halides is 3. The Morgan fingerprint density at radius 2 is 1.73 bits per heavy atom. The molecule has 0 N–H and O–H groups in total. The highest BCUT2D eigenvalue weighted by Gasteiger charge is 2.42. The summed E-state index contributed by atoms with van der Waals surface area (Å²) in [6, 6.07) is 11.4. The fraction of sp³-hybridized carbons (Fsp3) is 0.318. The Hall–Kier alpha value is -3.05. The van der Waals surface area contributed by atoms with Gasteiger partial charge in [-0.3, -0.25) is 4.90 Å². The van der Waals surface area contributed by atoms with E-state index in [0.29, 0.717) is 27.2 Å². The van der Waals surface area contributed by atoms with Crippen LogP contribution in [0.4, 0.5) is 13.2 Å². The van der Waals surface area contributed by atoms with Gasteiger partial charge in [0.05, 0.1) is 17.5 Å². The van der Waals surface area contributed by atoms with E-state index in [2.05, 4.69) is 9.64 Å². The third-order valence-electron chi connectivity index (χ3n) is 5.44. The number of carbonyl (C=O) groups is 1. The van der Waals surface area contributed by atoms with Crippen molar-refractivity contribution in [2.24, 2.45) is 0 Å². The first-order valence-electron chi connectivity index (χ1n) is 10.2. The molecule has 0 bridgehead atoms. The summed E-state index contributed by atoms with van der Waals surface area (Å²) in [5.41, 5.74) is 0.704. The molecule has 176 valence electrons. The average molecular weight is 482 g/mol. The summed E-state index contributed by atoms with van der Waals surface area (Å²) in [6.45, 7) is 2.13. The quantitative estimate of drug-likeness (QED) is 0.495. The molecule has 1 aliphatic heterocycles. The number of carbonyl (C=O) groups excluding carboxylic acids is 1. The molecule has 0 saturated carbocycles. The van der Waals surface area contributed by atoms with E-state index in [1.54, 1.807) is 12.1 Å². The van der Waals surface area contributed by atoms with E-state index in [1.807, 2.05) is 0 Å². The Bertz CT molecular complexity index is 1280. The predicted molar refractivity (Wildman–Crippen MR) is 114 cm³/mol. The van der Waals surface area contributed by atoms with Crippen molar-refractivity contribution in [3.05, 3.63) is 54.1 Å². The molecule has 33 heavy (non-hydrogen) atoms. The summed E-state index contributed by atoms with van der Waals surface area (Å²) in [5, 5.41) is 0.354. The minimum absolute atomic E-state index is 0.0531. The second-order valence-corrected chi connectivity index (χ2v) is 9.44. The number of esters is 1. The lowest BCUT2D eigenvalue weighted by molar-refractivity contribution is -0.190. The Labute approximate surface area is 188 Å². The third kappa shape index (κ3) is 4.55. The summed E-state index contributed by atoms with van der Waals surface area (Å²) in [6.07, 6.45) is -3.26. The zero-order valence-electron chi connectivity index (χ0n) is 17.6. The zero-order valence-corrected chi connectivity index (χ0v) is 18.4. The van der Waals surface area contributed by atoms with Crippen LogP contribution in [0.3, 0.4) is 0 Å². The molecule has 7 nitrogen and oxygen atoms in total. The molecule has 0 atom stereocenters. The number of nitrogens with zero attached hydrogens (tertiary/aromatic N) is 2. The van der Waals surface area contributed by atoms with Gasteiger partial charge in [-0.25, -0.2) is 17.2 Å². The van der Waals surface area contributed by atoms with Crippen LogP contribution in [-0.4, -0.2) is 49.6 Å². The predicted octanol–water partition coefficient (Wildman–Crippen LogP) is 3.95. The molecule has 0 unspecified atom stereocenters. The number of aromatic nitrogens is 1. The number of methoxy groups -OCH3 is 1. The Kier molecular flexibility index (Phi) is 6.10. The maximum atomic E-state index is 13.5. The first-order chi connectivity index (χ1) is 15.6. The summed E-state index contributed by atoms with van der Waals surface area (Å²) in [4.78, 5) is 13.6. The van der Waals surface area contributed by atoms with Gasteiger partial charge in [-0.05, 0) is 49.7 Å². The smallest absolute Gasteiger partial charge is 0.491 e. The summed E-state index contributed by atoms with van der Waals surface area (Å²) >= 11 is 0. The molecule has 1 saturated heterocycles. The van der Waals surface area contributed by atoms with Crippen molar-refractivity contribution in [2.45, 2.75) is 30.5 Å². The van der Waals surface area contributed by atoms with Gasteiger partial charge in [0.2, 0.25) is 5.88 Å². The fourth-order valence-corrected chi connectivity index (χ4v) is 5.35. The first kappa shape index (κ1) is 23.1. The second-order valence-electron chi connectivity index (χ2n) is 7.65. The number of halogens is 3.